The Labute approximate surface area is 395 Å². The number of nitrogens with one attached hydrogen (secondary N) is 2. The number of sulfone groups is 1. The van der Waals surface area contributed by atoms with Crippen LogP contribution in [-0.4, -0.2) is 175 Å². The monoisotopic (exact) mass is 909 g/mol. The first-order valence-electron chi connectivity index (χ1n) is 19.1. The second-order valence-electron chi connectivity index (χ2n) is 14.7. The molecule has 0 radical (unpaired) electrons. The van der Waals surface area contributed by atoms with Crippen molar-refractivity contribution in [1.82, 2.24) is 5.32 Å². The van der Waals surface area contributed by atoms with Crippen LogP contribution in [0.2, 0.25) is 0 Å². The Kier molecular flexibility index (Phi) is 21.2. The third kappa shape index (κ3) is 12.8. The van der Waals surface area contributed by atoms with Crippen LogP contribution in [0.5, 0.6) is 0 Å². The molecule has 17 nitrogen and oxygen atoms in total. The van der Waals surface area contributed by atoms with Gasteiger partial charge in [-0.15, -0.1) is 0 Å². The zero-order valence-corrected chi connectivity index (χ0v) is 35.7. The van der Waals surface area contributed by atoms with Crippen LogP contribution in [0.4, 0.5) is 16.2 Å². The van der Waals surface area contributed by atoms with Gasteiger partial charge in [0.15, 0.2) is 16.1 Å². The first-order chi connectivity index (χ1) is 27.3. The molecule has 1 fully saturated rings. The number of hydrogen-bond donors (Lipinski definition) is 7. The minimum atomic E-state index is -4.93. The van der Waals surface area contributed by atoms with Crippen LogP contribution in [-0.2, 0) is 45.9 Å². The van der Waals surface area contributed by atoms with Crippen LogP contribution in [0, 0.1) is 11.8 Å². The number of hydrogen-bond acceptors (Lipinski definition) is 13. The fourth-order valence-electron chi connectivity index (χ4n) is 7.68. The van der Waals surface area contributed by atoms with Gasteiger partial charge in [0.25, 0.3) is 0 Å². The summed E-state index contributed by atoms with van der Waals surface area (Å²) < 4.78 is 75.6. The molecule has 332 valence electrons. The summed E-state index contributed by atoms with van der Waals surface area (Å²) in [7, 11) is -5.05. The molecule has 0 bridgehead atoms. The van der Waals surface area contributed by atoms with Crippen LogP contribution in [0.3, 0.4) is 0 Å². The molecule has 3 aromatic rings. The number of aliphatic hydroxyl groups excluding tert-OH is 4. The van der Waals surface area contributed by atoms with E-state index in [1.165, 1.54) is 0 Å². The summed E-state index contributed by atoms with van der Waals surface area (Å²) in [6, 6.07) is 20.0. The van der Waals surface area contributed by atoms with Gasteiger partial charge < -0.3 is 50.9 Å². The van der Waals surface area contributed by atoms with Crippen LogP contribution in [0.25, 0.3) is 0 Å². The fourth-order valence-corrected chi connectivity index (χ4v) is 9.98. The number of nitrogens with zero attached hydrogens (tertiary/aromatic N) is 1. The Balaban J connectivity index is 0.00000241. The average Bonchev–Trinajstić information content (AvgIpc) is 3.25. The molecule has 1 saturated heterocycles. The fraction of sp³-hybridized carbons (Fsp3) is 0.525. The maximum atomic E-state index is 13.9. The van der Waals surface area contributed by atoms with Crippen LogP contribution in [0.15, 0.2) is 77.7 Å². The number of ether oxygens (including phenoxy) is 2. The summed E-state index contributed by atoms with van der Waals surface area (Å²) in [5.74, 6) is -1.12. The molecule has 9 atom stereocenters. The number of fused-ring (bicyclic) bond motifs is 1. The number of anilines is 2. The molecule has 2 aliphatic rings. The second-order valence-corrected chi connectivity index (χ2v) is 17.8. The van der Waals surface area contributed by atoms with E-state index in [9.17, 15) is 36.9 Å². The molecular weight excluding hydrogens is 850 g/mol. The standard InChI is InChI=1S/C38H51N3O12S2.C2H6O.K.H2O.H/c1-6-23(3)38(29-19-28(41(4)5)16-17-31(29)54(46,47)22-25(7-2)35(38)44)26-14-11-15-27(18-26)39-37(45)40-36-33(43)34(51-20-24-12-9-8-10-13-24)32(42)30(53-36)21-52-55(48,49)50;1-2-3;;;/h8-19,23,25,30,32-36,42-44H,6-7,20-22H2,1-5H3,(H2,39,40,45)(H,48,49,50);3H,2H2,1H3;;1H2;/t23?,25-,30-,32-,33-,34+,35-,36-,38-;;;;/m1..../s1. The Bertz CT molecular complexity index is 2050. The molecule has 0 saturated carbocycles. The molecular formula is C40H60KN3O14S2. The molecule has 0 spiro atoms. The van der Waals surface area contributed by atoms with Gasteiger partial charge in [-0.2, -0.15) is 8.42 Å². The molecule has 9 N–H and O–H groups in total. The summed E-state index contributed by atoms with van der Waals surface area (Å²) in [4.78, 5) is 15.6. The summed E-state index contributed by atoms with van der Waals surface area (Å²) in [5, 5.41) is 47.4. The topological polar surface area (TPSA) is 273 Å². The van der Waals surface area contributed by atoms with Gasteiger partial charge in [-0.25, -0.2) is 17.4 Å². The van der Waals surface area contributed by atoms with Gasteiger partial charge in [0.1, 0.15) is 24.4 Å². The van der Waals surface area contributed by atoms with E-state index in [1.807, 2.05) is 45.8 Å². The normalized spacial score (nSPS) is 26.3. The van der Waals surface area contributed by atoms with E-state index in [0.717, 1.165) is 5.69 Å². The molecule has 2 amide bonds. The first kappa shape index (κ1) is 54.0. The van der Waals surface area contributed by atoms with Crippen molar-refractivity contribution in [2.75, 3.05) is 43.3 Å². The third-order valence-electron chi connectivity index (χ3n) is 10.7. The Morgan fingerprint density at radius 3 is 2.23 bits per heavy atom. The quantitative estimate of drug-likeness (QED) is 0.0952. The van der Waals surface area contributed by atoms with Crippen molar-refractivity contribution in [2.24, 2.45) is 11.8 Å². The van der Waals surface area contributed by atoms with E-state index in [2.05, 4.69) is 14.8 Å². The second kappa shape index (κ2) is 23.5. The zero-order chi connectivity index (χ0) is 43.0. The summed E-state index contributed by atoms with van der Waals surface area (Å²) >= 11 is 0. The molecule has 1 unspecified atom stereocenters. The number of aliphatic hydroxyl groups is 4. The molecule has 2 heterocycles. The molecule has 3 aromatic carbocycles. The van der Waals surface area contributed by atoms with E-state index in [0.29, 0.717) is 29.5 Å². The Hall–Kier alpha value is -2.09. The Morgan fingerprint density at radius 2 is 1.65 bits per heavy atom. The van der Waals surface area contributed by atoms with E-state index in [-0.39, 0.29) is 92.3 Å². The van der Waals surface area contributed by atoms with Crippen molar-refractivity contribution in [2.45, 2.75) is 94.2 Å². The van der Waals surface area contributed by atoms with Gasteiger partial charge in [-0.05, 0) is 66.3 Å². The summed E-state index contributed by atoms with van der Waals surface area (Å²) in [6.07, 6.45) is -7.84. The Morgan fingerprint density at radius 1 is 1.00 bits per heavy atom. The third-order valence-corrected chi connectivity index (χ3v) is 13.1. The van der Waals surface area contributed by atoms with Crippen LogP contribution >= 0.6 is 0 Å². The van der Waals surface area contributed by atoms with E-state index < -0.39 is 81.0 Å². The van der Waals surface area contributed by atoms with Crippen LogP contribution < -0.4 is 15.5 Å². The van der Waals surface area contributed by atoms with Gasteiger partial charge in [0.05, 0.1) is 35.4 Å². The van der Waals surface area contributed by atoms with Crippen molar-refractivity contribution in [3.8, 4) is 0 Å². The maximum absolute atomic E-state index is 13.9. The van der Waals surface area contributed by atoms with Crippen LogP contribution in [0.1, 0.15) is 57.2 Å². The van der Waals surface area contributed by atoms with Gasteiger partial charge in [-0.1, -0.05) is 69.7 Å². The number of benzene rings is 3. The zero-order valence-electron chi connectivity index (χ0n) is 34.1. The molecule has 0 aromatic heterocycles. The van der Waals surface area contributed by atoms with Gasteiger partial charge >= 0.3 is 67.8 Å². The minimum absolute atomic E-state index is 0. The van der Waals surface area contributed by atoms with Gasteiger partial charge in [-0.3, -0.25) is 4.55 Å². The molecule has 60 heavy (non-hydrogen) atoms. The van der Waals surface area contributed by atoms with Crippen molar-refractivity contribution < 1.29 is 65.7 Å². The number of rotatable bonds is 13. The summed E-state index contributed by atoms with van der Waals surface area (Å²) in [5.41, 5.74) is 1.54. The van der Waals surface area contributed by atoms with E-state index >= 15 is 0 Å². The van der Waals surface area contributed by atoms with E-state index in [1.54, 1.807) is 73.7 Å². The predicted octanol–water partition coefficient (Wildman–Crippen LogP) is 1.76. The van der Waals surface area contributed by atoms with Crippen molar-refractivity contribution >= 4 is 89.0 Å². The van der Waals surface area contributed by atoms with Gasteiger partial charge in [0, 0.05) is 38.0 Å². The summed E-state index contributed by atoms with van der Waals surface area (Å²) in [6.45, 7) is 6.82. The van der Waals surface area contributed by atoms with Crippen molar-refractivity contribution in [3.05, 3.63) is 89.5 Å². The number of carbonyl (C=O) groups is 1. The number of carbonyl (C=O) groups excluding carboxylic acids is 1. The molecule has 0 aliphatic carbocycles. The molecule has 20 heteroatoms. The van der Waals surface area contributed by atoms with E-state index in [4.69, 9.17) is 19.1 Å². The number of amides is 2. The van der Waals surface area contributed by atoms with Gasteiger partial charge in [0.2, 0.25) is 0 Å². The molecule has 2 aliphatic heterocycles. The average molecular weight is 910 g/mol. The predicted molar refractivity (Wildman–Crippen MR) is 228 cm³/mol. The number of urea groups is 1. The SMILES string of the molecule is CCC(C)[C@@]1(c2cccc(NC(=O)N[C@@H]3O[C@H](COS(=O)(=O)O)[C@@H](O)[C@H](OCc4ccccc4)[C@H]3O)c2)c2cc(N(C)C)ccc2S(=O)(=O)C[C@@H](CC)[C@H]1O.CCO.O.[KH]. The van der Waals surface area contributed by atoms with Crippen molar-refractivity contribution in [3.63, 3.8) is 0 Å². The molecule has 5 rings (SSSR count). The first-order valence-corrected chi connectivity index (χ1v) is 22.2. The van der Waals surface area contributed by atoms with Crippen molar-refractivity contribution in [1.29, 1.82) is 0 Å².